The summed E-state index contributed by atoms with van der Waals surface area (Å²) in [6, 6.07) is 13.2. The van der Waals surface area contributed by atoms with Crippen LogP contribution in [0.4, 0.5) is 11.4 Å². The summed E-state index contributed by atoms with van der Waals surface area (Å²) in [4.78, 5) is 19.8. The number of halogens is 1. The Morgan fingerprint density at radius 1 is 1.17 bits per heavy atom. The first-order valence-electron chi connectivity index (χ1n) is 9.98. The predicted molar refractivity (Wildman–Crippen MR) is 123 cm³/mol. The zero-order chi connectivity index (χ0) is 21.4. The van der Waals surface area contributed by atoms with Crippen LogP contribution in [0.25, 0.3) is 11.1 Å². The van der Waals surface area contributed by atoms with E-state index in [0.29, 0.717) is 22.1 Å². The fourth-order valence-electron chi connectivity index (χ4n) is 3.96. The Labute approximate surface area is 181 Å². The number of aryl methyl sites for hydroxylation is 1. The van der Waals surface area contributed by atoms with E-state index in [2.05, 4.69) is 22.2 Å². The Balaban J connectivity index is 1.66. The molecule has 1 amide bonds. The van der Waals surface area contributed by atoms with E-state index in [1.54, 1.807) is 6.07 Å². The lowest BCUT2D eigenvalue weighted by atomic mass is 9.98. The Kier molecular flexibility index (Phi) is 5.50. The second-order valence-corrected chi connectivity index (χ2v) is 8.26. The minimum absolute atomic E-state index is 0.266. The Morgan fingerprint density at radius 2 is 1.90 bits per heavy atom. The fraction of sp³-hybridized carbons (Fsp3) is 0.250. The highest BCUT2D eigenvalue weighted by Crippen LogP contribution is 2.37. The molecule has 0 atom stereocenters. The maximum Gasteiger partial charge on any atom is 0.274 e. The van der Waals surface area contributed by atoms with Gasteiger partial charge >= 0.3 is 0 Å². The van der Waals surface area contributed by atoms with E-state index in [1.165, 1.54) is 5.56 Å². The monoisotopic (exact) mass is 420 g/mol. The molecule has 2 heterocycles. The molecular weight excluding hydrogens is 396 g/mol. The molecule has 5 nitrogen and oxygen atoms in total. The average Bonchev–Trinajstić information content (AvgIpc) is 2.71. The minimum atomic E-state index is -0.266. The van der Waals surface area contributed by atoms with Gasteiger partial charge in [0.25, 0.3) is 5.91 Å². The summed E-state index contributed by atoms with van der Waals surface area (Å²) in [5.74, 6) is -0.266. The molecule has 0 saturated carbocycles. The first kappa shape index (κ1) is 20.4. The maximum atomic E-state index is 13.0. The summed E-state index contributed by atoms with van der Waals surface area (Å²) in [5, 5.41) is 3.42. The summed E-state index contributed by atoms with van der Waals surface area (Å²) >= 11 is 6.68. The van der Waals surface area contributed by atoms with Crippen LogP contribution in [0.3, 0.4) is 0 Å². The van der Waals surface area contributed by atoms with Gasteiger partial charge in [-0.1, -0.05) is 35.9 Å². The Morgan fingerprint density at radius 3 is 2.70 bits per heavy atom. The number of benzene rings is 2. The number of amides is 1. The van der Waals surface area contributed by atoms with Crippen LogP contribution < -0.4 is 11.1 Å². The van der Waals surface area contributed by atoms with E-state index in [-0.39, 0.29) is 5.91 Å². The molecule has 0 radical (unpaired) electrons. The van der Waals surface area contributed by atoms with Crippen molar-refractivity contribution in [2.45, 2.75) is 26.8 Å². The summed E-state index contributed by atoms with van der Waals surface area (Å²) in [5.41, 5.74) is 13.8. The Bertz CT molecular complexity index is 1140. The van der Waals surface area contributed by atoms with Gasteiger partial charge < -0.3 is 16.0 Å². The van der Waals surface area contributed by atoms with Crippen molar-refractivity contribution < 1.29 is 4.79 Å². The van der Waals surface area contributed by atoms with Crippen LogP contribution in [0.2, 0.25) is 5.02 Å². The molecular formula is C24H25ClN4O. The van der Waals surface area contributed by atoms with Crippen LogP contribution in [0.15, 0.2) is 42.5 Å². The molecule has 154 valence electrons. The van der Waals surface area contributed by atoms with Crippen molar-refractivity contribution in [3.05, 3.63) is 75.6 Å². The Hall–Kier alpha value is -2.89. The summed E-state index contributed by atoms with van der Waals surface area (Å²) in [7, 11) is 2.07. The molecule has 4 rings (SSSR count). The molecule has 3 aromatic rings. The number of nitrogens with one attached hydrogen (secondary N) is 1. The largest absolute Gasteiger partial charge is 0.398 e. The zero-order valence-corrected chi connectivity index (χ0v) is 18.2. The van der Waals surface area contributed by atoms with E-state index >= 15 is 0 Å². The quantitative estimate of drug-likeness (QED) is 0.594. The summed E-state index contributed by atoms with van der Waals surface area (Å²) in [6.07, 6.45) is 0.958. The third-order valence-electron chi connectivity index (χ3n) is 5.74. The number of likely N-dealkylation sites (N-methyl/N-ethyl adjacent to an activating group) is 1. The van der Waals surface area contributed by atoms with Gasteiger partial charge in [0.05, 0.1) is 16.4 Å². The molecule has 0 unspecified atom stereocenters. The molecule has 0 aliphatic carbocycles. The topological polar surface area (TPSA) is 71.2 Å². The number of nitrogens with two attached hydrogens (primary N) is 1. The van der Waals surface area contributed by atoms with E-state index in [1.807, 2.05) is 50.2 Å². The first-order valence-corrected chi connectivity index (χ1v) is 10.4. The van der Waals surface area contributed by atoms with Gasteiger partial charge in [-0.05, 0) is 67.8 Å². The number of rotatable bonds is 3. The maximum absolute atomic E-state index is 13.0. The number of nitrogen functional groups attached to an aromatic ring is 1. The van der Waals surface area contributed by atoms with Crippen LogP contribution in [0.1, 0.15) is 32.9 Å². The predicted octanol–water partition coefficient (Wildman–Crippen LogP) is 4.84. The molecule has 1 aromatic heterocycles. The van der Waals surface area contributed by atoms with Crippen molar-refractivity contribution in [1.82, 2.24) is 9.88 Å². The average molecular weight is 421 g/mol. The molecule has 0 saturated heterocycles. The van der Waals surface area contributed by atoms with Gasteiger partial charge in [-0.15, -0.1) is 0 Å². The fourth-order valence-corrected chi connectivity index (χ4v) is 4.23. The number of hydrogen-bond donors (Lipinski definition) is 2. The standard InChI is InChI=1S/C24H25ClN4O/c1-14-12-21(27-22-13-29(3)11-10-16(14)22)24(30)28-20-9-5-7-18(23(20)25)17-6-4-8-19(26)15(17)2/h4-9,12H,10-11,13,26H2,1-3H3,(H,28,30). The smallest absolute Gasteiger partial charge is 0.274 e. The highest BCUT2D eigenvalue weighted by molar-refractivity contribution is 6.36. The van der Waals surface area contributed by atoms with Gasteiger partial charge in [0.2, 0.25) is 0 Å². The van der Waals surface area contributed by atoms with E-state index in [9.17, 15) is 4.79 Å². The molecule has 6 heteroatoms. The van der Waals surface area contributed by atoms with Crippen molar-refractivity contribution in [3.8, 4) is 11.1 Å². The summed E-state index contributed by atoms with van der Waals surface area (Å²) < 4.78 is 0. The van der Waals surface area contributed by atoms with Crippen molar-refractivity contribution in [2.24, 2.45) is 0 Å². The highest BCUT2D eigenvalue weighted by Gasteiger charge is 2.20. The number of nitrogens with zero attached hydrogens (tertiary/aromatic N) is 2. The van der Waals surface area contributed by atoms with Crippen molar-refractivity contribution in [1.29, 1.82) is 0 Å². The lowest BCUT2D eigenvalue weighted by Crippen LogP contribution is -2.29. The molecule has 0 spiro atoms. The first-order chi connectivity index (χ1) is 14.3. The third-order valence-corrected chi connectivity index (χ3v) is 6.15. The molecule has 0 fully saturated rings. The van der Waals surface area contributed by atoms with Gasteiger partial charge in [0, 0.05) is 24.3 Å². The molecule has 2 aromatic carbocycles. The molecule has 3 N–H and O–H groups in total. The third kappa shape index (κ3) is 3.78. The second-order valence-electron chi connectivity index (χ2n) is 7.88. The normalized spacial score (nSPS) is 13.7. The van der Waals surface area contributed by atoms with Crippen molar-refractivity contribution >= 4 is 28.9 Å². The summed E-state index contributed by atoms with van der Waals surface area (Å²) in [6.45, 7) is 5.76. The number of fused-ring (bicyclic) bond motifs is 1. The van der Waals surface area contributed by atoms with Gasteiger partial charge in [-0.2, -0.15) is 0 Å². The van der Waals surface area contributed by atoms with Crippen LogP contribution in [-0.2, 0) is 13.0 Å². The zero-order valence-electron chi connectivity index (χ0n) is 17.4. The van der Waals surface area contributed by atoms with Crippen LogP contribution in [0, 0.1) is 13.8 Å². The number of anilines is 2. The lowest BCUT2D eigenvalue weighted by molar-refractivity contribution is 0.102. The number of carbonyl (C=O) groups excluding carboxylic acids is 1. The van der Waals surface area contributed by atoms with Gasteiger partial charge in [-0.3, -0.25) is 4.79 Å². The van der Waals surface area contributed by atoms with Crippen LogP contribution >= 0.6 is 11.6 Å². The molecule has 30 heavy (non-hydrogen) atoms. The number of aromatic nitrogens is 1. The van der Waals surface area contributed by atoms with E-state index in [4.69, 9.17) is 17.3 Å². The second kappa shape index (κ2) is 8.09. The lowest BCUT2D eigenvalue weighted by Gasteiger charge is -2.25. The van der Waals surface area contributed by atoms with E-state index < -0.39 is 0 Å². The van der Waals surface area contributed by atoms with Crippen molar-refractivity contribution in [2.75, 3.05) is 24.6 Å². The SMILES string of the molecule is Cc1cc(C(=O)Nc2cccc(-c3cccc(N)c3C)c2Cl)nc2c1CCN(C)C2. The number of hydrogen-bond acceptors (Lipinski definition) is 4. The van der Waals surface area contributed by atoms with Crippen molar-refractivity contribution in [3.63, 3.8) is 0 Å². The molecule has 1 aliphatic heterocycles. The highest BCUT2D eigenvalue weighted by atomic mass is 35.5. The van der Waals surface area contributed by atoms with E-state index in [0.717, 1.165) is 47.5 Å². The molecule has 0 bridgehead atoms. The minimum Gasteiger partial charge on any atom is -0.398 e. The van der Waals surface area contributed by atoms with Gasteiger partial charge in [0.15, 0.2) is 0 Å². The number of pyridine rings is 1. The molecule has 1 aliphatic rings. The van der Waals surface area contributed by atoms with Gasteiger partial charge in [-0.25, -0.2) is 4.98 Å². The van der Waals surface area contributed by atoms with Crippen LogP contribution in [0.5, 0.6) is 0 Å². The van der Waals surface area contributed by atoms with Crippen LogP contribution in [-0.4, -0.2) is 29.4 Å². The number of carbonyl (C=O) groups is 1. The van der Waals surface area contributed by atoms with Gasteiger partial charge in [0.1, 0.15) is 5.69 Å².